The number of hydrogen-bond donors (Lipinski definition) is 1. The van der Waals surface area contributed by atoms with Crippen LogP contribution < -0.4 is 10.2 Å². The van der Waals surface area contributed by atoms with Crippen molar-refractivity contribution in [2.24, 2.45) is 17.8 Å². The molecule has 1 aliphatic heterocycles. The SMILES string of the molecule is CCOC(=O)C1[C@H]2CN(c3c(F)cc(NC(=O)OCc4ccccc4)cc3F)C[C@@H]12. The smallest absolute Gasteiger partial charge is 0.411 e. The van der Waals surface area contributed by atoms with Crippen LogP contribution in [0.4, 0.5) is 25.0 Å². The van der Waals surface area contributed by atoms with Gasteiger partial charge in [-0.1, -0.05) is 30.3 Å². The fourth-order valence-electron chi connectivity index (χ4n) is 4.11. The average Bonchev–Trinajstić information content (AvgIpc) is 3.22. The zero-order chi connectivity index (χ0) is 21.3. The van der Waals surface area contributed by atoms with E-state index in [0.29, 0.717) is 19.7 Å². The average molecular weight is 416 g/mol. The van der Waals surface area contributed by atoms with Crippen LogP contribution in [0.15, 0.2) is 42.5 Å². The number of anilines is 2. The number of nitrogens with zero attached hydrogens (tertiary/aromatic N) is 1. The van der Waals surface area contributed by atoms with Crippen molar-refractivity contribution in [2.45, 2.75) is 13.5 Å². The van der Waals surface area contributed by atoms with Gasteiger partial charge in [-0.3, -0.25) is 10.1 Å². The molecule has 0 bridgehead atoms. The van der Waals surface area contributed by atoms with Gasteiger partial charge in [-0.2, -0.15) is 0 Å². The third kappa shape index (κ3) is 4.08. The number of halogens is 2. The fraction of sp³-hybridized carbons (Fsp3) is 0.364. The lowest BCUT2D eigenvalue weighted by molar-refractivity contribution is -0.145. The summed E-state index contributed by atoms with van der Waals surface area (Å²) in [7, 11) is 0. The van der Waals surface area contributed by atoms with E-state index in [9.17, 15) is 18.4 Å². The first-order chi connectivity index (χ1) is 14.5. The molecular formula is C22H22F2N2O4. The Morgan fingerprint density at radius 3 is 2.30 bits per heavy atom. The Balaban J connectivity index is 1.35. The minimum atomic E-state index is -0.801. The minimum Gasteiger partial charge on any atom is -0.466 e. The Labute approximate surface area is 172 Å². The quantitative estimate of drug-likeness (QED) is 0.722. The Hall–Kier alpha value is -3.16. The van der Waals surface area contributed by atoms with Crippen molar-refractivity contribution < 1.29 is 27.8 Å². The summed E-state index contributed by atoms with van der Waals surface area (Å²) in [5.41, 5.74) is 0.627. The molecule has 1 heterocycles. The van der Waals surface area contributed by atoms with Gasteiger partial charge >= 0.3 is 12.1 Å². The number of benzene rings is 2. The summed E-state index contributed by atoms with van der Waals surface area (Å²) >= 11 is 0. The van der Waals surface area contributed by atoms with E-state index in [1.165, 1.54) is 0 Å². The largest absolute Gasteiger partial charge is 0.466 e. The molecule has 2 fully saturated rings. The van der Waals surface area contributed by atoms with Crippen LogP contribution in [0, 0.1) is 29.4 Å². The third-order valence-corrected chi connectivity index (χ3v) is 5.55. The van der Waals surface area contributed by atoms with E-state index in [-0.39, 0.29) is 41.7 Å². The van der Waals surface area contributed by atoms with Gasteiger partial charge in [0.2, 0.25) is 0 Å². The summed E-state index contributed by atoms with van der Waals surface area (Å²) in [5, 5.41) is 2.34. The van der Waals surface area contributed by atoms with E-state index in [4.69, 9.17) is 9.47 Å². The van der Waals surface area contributed by atoms with Gasteiger partial charge in [0.15, 0.2) is 11.6 Å². The number of nitrogens with one attached hydrogen (secondary N) is 1. The van der Waals surface area contributed by atoms with E-state index in [1.807, 2.05) is 18.2 Å². The number of fused-ring (bicyclic) bond motifs is 1. The number of ether oxygens (including phenoxy) is 2. The molecule has 2 aliphatic rings. The zero-order valence-electron chi connectivity index (χ0n) is 16.4. The molecule has 8 heteroatoms. The van der Waals surface area contributed by atoms with Crippen LogP contribution in [0.2, 0.25) is 0 Å². The molecule has 1 amide bonds. The number of esters is 1. The number of amides is 1. The standard InChI is InChI=1S/C22H22F2N2O4/c1-2-29-21(27)19-15-10-26(11-16(15)19)20-17(23)8-14(9-18(20)24)25-22(28)30-12-13-6-4-3-5-7-13/h3-9,15-16,19H,2,10-12H2,1H3,(H,25,28)/t15-,16+,19?. The number of carbonyl (C=O) groups is 2. The highest BCUT2D eigenvalue weighted by atomic mass is 19.1. The maximum absolute atomic E-state index is 14.6. The molecule has 1 aliphatic carbocycles. The summed E-state index contributed by atoms with van der Waals surface area (Å²) in [5.74, 6) is -1.83. The maximum Gasteiger partial charge on any atom is 0.411 e. The maximum atomic E-state index is 14.6. The van der Waals surface area contributed by atoms with Crippen LogP contribution >= 0.6 is 0 Å². The molecule has 2 aromatic carbocycles. The van der Waals surface area contributed by atoms with Gasteiger partial charge in [-0.25, -0.2) is 13.6 Å². The molecule has 1 saturated carbocycles. The molecule has 30 heavy (non-hydrogen) atoms. The van der Waals surface area contributed by atoms with Gasteiger partial charge in [-0.05, 0) is 36.5 Å². The van der Waals surface area contributed by atoms with Gasteiger partial charge in [0.05, 0.1) is 12.5 Å². The van der Waals surface area contributed by atoms with Gasteiger partial charge in [0.1, 0.15) is 12.3 Å². The molecule has 6 nitrogen and oxygen atoms in total. The minimum absolute atomic E-state index is 0.0273. The highest BCUT2D eigenvalue weighted by Gasteiger charge is 2.60. The van der Waals surface area contributed by atoms with Crippen molar-refractivity contribution in [1.29, 1.82) is 0 Å². The lowest BCUT2D eigenvalue weighted by Gasteiger charge is -2.23. The van der Waals surface area contributed by atoms with Gasteiger partial charge < -0.3 is 14.4 Å². The molecule has 1 saturated heterocycles. The second kappa shape index (κ2) is 8.30. The molecule has 0 aromatic heterocycles. The molecule has 1 unspecified atom stereocenters. The van der Waals surface area contributed by atoms with Crippen LogP contribution in [0.25, 0.3) is 0 Å². The molecule has 158 valence electrons. The molecule has 0 spiro atoms. The number of carbonyl (C=O) groups excluding carboxylic acids is 2. The lowest BCUT2D eigenvalue weighted by Crippen LogP contribution is -2.28. The third-order valence-electron chi connectivity index (χ3n) is 5.55. The van der Waals surface area contributed by atoms with E-state index in [1.54, 1.807) is 24.0 Å². The molecule has 2 aromatic rings. The zero-order valence-corrected chi connectivity index (χ0v) is 16.4. The first-order valence-electron chi connectivity index (χ1n) is 9.86. The summed E-state index contributed by atoms with van der Waals surface area (Å²) in [4.78, 5) is 25.4. The molecule has 1 N–H and O–H groups in total. The van der Waals surface area contributed by atoms with Crippen LogP contribution in [-0.4, -0.2) is 31.8 Å². The second-order valence-corrected chi connectivity index (χ2v) is 7.49. The van der Waals surface area contributed by atoms with Crippen LogP contribution in [-0.2, 0) is 20.9 Å². The van der Waals surface area contributed by atoms with Gasteiger partial charge in [0, 0.05) is 18.8 Å². The monoisotopic (exact) mass is 416 g/mol. The Morgan fingerprint density at radius 2 is 1.70 bits per heavy atom. The molecular weight excluding hydrogens is 394 g/mol. The van der Waals surface area contributed by atoms with Crippen LogP contribution in [0.3, 0.4) is 0 Å². The number of rotatable bonds is 6. The topological polar surface area (TPSA) is 67.9 Å². The van der Waals surface area contributed by atoms with Gasteiger partial charge in [-0.15, -0.1) is 0 Å². The second-order valence-electron chi connectivity index (χ2n) is 7.49. The first kappa shape index (κ1) is 20.1. The number of hydrogen-bond acceptors (Lipinski definition) is 5. The molecule has 4 rings (SSSR count). The fourth-order valence-corrected chi connectivity index (χ4v) is 4.11. The van der Waals surface area contributed by atoms with Crippen molar-refractivity contribution in [1.82, 2.24) is 0 Å². The Morgan fingerprint density at radius 1 is 1.07 bits per heavy atom. The van der Waals surface area contributed by atoms with E-state index >= 15 is 0 Å². The van der Waals surface area contributed by atoms with Crippen LogP contribution in [0.1, 0.15) is 12.5 Å². The summed E-state index contributed by atoms with van der Waals surface area (Å²) in [6.07, 6.45) is -0.801. The van der Waals surface area contributed by atoms with Gasteiger partial charge in [0.25, 0.3) is 0 Å². The number of piperidine rings is 1. The summed E-state index contributed by atoms with van der Waals surface area (Å²) < 4.78 is 39.3. The van der Waals surface area contributed by atoms with Crippen molar-refractivity contribution in [3.05, 3.63) is 59.7 Å². The van der Waals surface area contributed by atoms with E-state index in [2.05, 4.69) is 5.32 Å². The normalized spacial score (nSPS) is 21.7. The Bertz CT molecular complexity index is 918. The Kier molecular flexibility index (Phi) is 5.57. The van der Waals surface area contributed by atoms with E-state index in [0.717, 1.165) is 17.7 Å². The highest BCUT2D eigenvalue weighted by Crippen LogP contribution is 2.53. The first-order valence-corrected chi connectivity index (χ1v) is 9.86. The van der Waals surface area contributed by atoms with Crippen molar-refractivity contribution >= 4 is 23.4 Å². The van der Waals surface area contributed by atoms with E-state index < -0.39 is 17.7 Å². The predicted molar refractivity (Wildman–Crippen MR) is 106 cm³/mol. The lowest BCUT2D eigenvalue weighted by atomic mass is 10.2. The van der Waals surface area contributed by atoms with Crippen LogP contribution in [0.5, 0.6) is 0 Å². The van der Waals surface area contributed by atoms with Crippen molar-refractivity contribution in [2.75, 3.05) is 29.9 Å². The summed E-state index contributed by atoms with van der Waals surface area (Å²) in [6, 6.07) is 11.2. The summed E-state index contributed by atoms with van der Waals surface area (Å²) in [6.45, 7) is 2.92. The van der Waals surface area contributed by atoms with Crippen molar-refractivity contribution in [3.8, 4) is 0 Å². The predicted octanol–water partition coefficient (Wildman–Crippen LogP) is 3.96. The molecule has 3 atom stereocenters. The highest BCUT2D eigenvalue weighted by molar-refractivity contribution is 5.85. The molecule has 0 radical (unpaired) electrons. The van der Waals surface area contributed by atoms with Crippen molar-refractivity contribution in [3.63, 3.8) is 0 Å².